The first-order chi connectivity index (χ1) is 4.47. The van der Waals surface area contributed by atoms with Gasteiger partial charge in [-0.3, -0.25) is 0 Å². The van der Waals surface area contributed by atoms with E-state index >= 15 is 0 Å². The topological polar surface area (TPSA) is 20.2 Å². The quantitative estimate of drug-likeness (QED) is 0.644. The predicted molar refractivity (Wildman–Crippen MR) is 38.6 cm³/mol. The van der Waals surface area contributed by atoms with Gasteiger partial charge in [0.15, 0.2) is 0 Å². The number of hydrogen-bond acceptors (Lipinski definition) is 1. The van der Waals surface area contributed by atoms with Gasteiger partial charge in [-0.05, 0) is 38.5 Å². The van der Waals surface area contributed by atoms with E-state index in [-0.39, 0.29) is 12.0 Å². The molecule has 0 saturated heterocycles. The zero-order valence-corrected chi connectivity index (χ0v) is 6.65. The minimum atomic E-state index is -1.11. The Bertz CT molecular complexity index is 122. The minimum Gasteiger partial charge on any atom is -0.396 e. The van der Waals surface area contributed by atoms with Crippen LogP contribution in [0, 0.1) is 5.41 Å². The van der Waals surface area contributed by atoms with Gasteiger partial charge in [0.1, 0.15) is 5.67 Å². The van der Waals surface area contributed by atoms with E-state index in [4.69, 9.17) is 5.11 Å². The van der Waals surface area contributed by atoms with Crippen LogP contribution in [0.25, 0.3) is 0 Å². The molecule has 0 unspecified atom stereocenters. The summed E-state index contributed by atoms with van der Waals surface area (Å²) in [6, 6.07) is 0. The second-order valence-corrected chi connectivity index (χ2v) is 4.05. The Kier molecular flexibility index (Phi) is 1.75. The molecule has 0 heterocycles. The third-order valence-corrected chi connectivity index (χ3v) is 2.09. The van der Waals surface area contributed by atoms with Crippen LogP contribution in [0.4, 0.5) is 4.39 Å². The zero-order chi connectivity index (χ0) is 7.83. The summed E-state index contributed by atoms with van der Waals surface area (Å²) in [5, 5.41) is 8.85. The molecule has 60 valence electrons. The lowest BCUT2D eigenvalue weighted by Gasteiger charge is -2.20. The van der Waals surface area contributed by atoms with Crippen LogP contribution in [-0.4, -0.2) is 17.4 Å². The Hall–Kier alpha value is -0.110. The van der Waals surface area contributed by atoms with Gasteiger partial charge in [0.05, 0.1) is 0 Å². The molecule has 0 radical (unpaired) electrons. The van der Waals surface area contributed by atoms with Crippen LogP contribution in [0.3, 0.4) is 0 Å². The first-order valence-corrected chi connectivity index (χ1v) is 3.77. The molecular formula is C8H15FO. The third kappa shape index (κ3) is 1.94. The molecule has 1 aliphatic carbocycles. The van der Waals surface area contributed by atoms with Crippen molar-refractivity contribution in [3.8, 4) is 0 Å². The van der Waals surface area contributed by atoms with Crippen molar-refractivity contribution in [2.75, 3.05) is 6.61 Å². The molecule has 0 atom stereocenters. The molecule has 0 aliphatic heterocycles. The summed E-state index contributed by atoms with van der Waals surface area (Å²) in [7, 11) is 0. The van der Waals surface area contributed by atoms with Crippen molar-refractivity contribution in [1.82, 2.24) is 0 Å². The summed E-state index contributed by atoms with van der Waals surface area (Å²) in [6.07, 6.45) is 2.50. The fraction of sp³-hybridized carbons (Fsp3) is 1.00. The van der Waals surface area contributed by atoms with E-state index < -0.39 is 5.67 Å². The van der Waals surface area contributed by atoms with E-state index in [1.165, 1.54) is 0 Å². The van der Waals surface area contributed by atoms with Gasteiger partial charge in [-0.1, -0.05) is 0 Å². The maximum atomic E-state index is 13.0. The van der Waals surface area contributed by atoms with Gasteiger partial charge in [0.25, 0.3) is 0 Å². The average molecular weight is 146 g/mol. The summed E-state index contributed by atoms with van der Waals surface area (Å²) in [5.74, 6) is 0. The molecule has 0 aromatic heterocycles. The van der Waals surface area contributed by atoms with Crippen molar-refractivity contribution in [1.29, 1.82) is 0 Å². The molecule has 1 fully saturated rings. The highest BCUT2D eigenvalue weighted by Gasteiger charge is 2.45. The summed E-state index contributed by atoms with van der Waals surface area (Å²) < 4.78 is 13.0. The molecule has 0 bridgehead atoms. The van der Waals surface area contributed by atoms with Gasteiger partial charge in [-0.2, -0.15) is 0 Å². The van der Waals surface area contributed by atoms with E-state index in [0.29, 0.717) is 6.42 Å². The van der Waals surface area contributed by atoms with Crippen LogP contribution in [0.5, 0.6) is 0 Å². The van der Waals surface area contributed by atoms with Crippen molar-refractivity contribution in [3.05, 3.63) is 0 Å². The van der Waals surface area contributed by atoms with E-state index in [0.717, 1.165) is 12.8 Å². The molecule has 0 spiro atoms. The van der Waals surface area contributed by atoms with Crippen molar-refractivity contribution in [2.45, 2.75) is 38.8 Å². The normalized spacial score (nSPS) is 22.8. The summed E-state index contributed by atoms with van der Waals surface area (Å²) in [5.41, 5.74) is -1.16. The maximum Gasteiger partial charge on any atom is 0.106 e. The van der Waals surface area contributed by atoms with Gasteiger partial charge in [-0.25, -0.2) is 4.39 Å². The zero-order valence-electron chi connectivity index (χ0n) is 6.65. The highest BCUT2D eigenvalue weighted by Crippen LogP contribution is 2.51. The number of hydrogen-bond donors (Lipinski definition) is 1. The molecule has 10 heavy (non-hydrogen) atoms. The lowest BCUT2D eigenvalue weighted by molar-refractivity contribution is 0.116. The van der Waals surface area contributed by atoms with Crippen molar-refractivity contribution in [2.24, 2.45) is 5.41 Å². The van der Waals surface area contributed by atoms with Gasteiger partial charge >= 0.3 is 0 Å². The van der Waals surface area contributed by atoms with Gasteiger partial charge in [0.2, 0.25) is 0 Å². The summed E-state index contributed by atoms with van der Waals surface area (Å²) in [4.78, 5) is 0. The first kappa shape index (κ1) is 7.99. The second-order valence-electron chi connectivity index (χ2n) is 4.05. The number of halogens is 1. The second kappa shape index (κ2) is 2.19. The molecule has 2 heteroatoms. The standard InChI is InChI=1S/C8H15FO/c1-7(2,9)5-8(6-10)3-4-8/h10H,3-6H2,1-2H3. The van der Waals surface area contributed by atoms with Crippen molar-refractivity contribution < 1.29 is 9.50 Å². The maximum absolute atomic E-state index is 13.0. The molecule has 1 aliphatic rings. The molecule has 1 rings (SSSR count). The Morgan fingerprint density at radius 1 is 1.50 bits per heavy atom. The van der Waals surface area contributed by atoms with Crippen LogP contribution >= 0.6 is 0 Å². The Labute approximate surface area is 61.2 Å². The SMILES string of the molecule is CC(C)(F)CC1(CO)CC1. The van der Waals surface area contributed by atoms with E-state index in [2.05, 4.69) is 0 Å². The number of alkyl halides is 1. The fourth-order valence-corrected chi connectivity index (χ4v) is 1.46. The summed E-state index contributed by atoms with van der Waals surface area (Å²) in [6.45, 7) is 3.30. The van der Waals surface area contributed by atoms with Crippen LogP contribution in [0.2, 0.25) is 0 Å². The molecule has 0 aromatic rings. The molecule has 1 saturated carbocycles. The lowest BCUT2D eigenvalue weighted by Crippen LogP contribution is -2.21. The monoisotopic (exact) mass is 146 g/mol. The Balaban J connectivity index is 2.38. The molecule has 0 amide bonds. The number of aliphatic hydroxyl groups excluding tert-OH is 1. The Morgan fingerprint density at radius 2 is 2.00 bits per heavy atom. The lowest BCUT2D eigenvalue weighted by atomic mass is 9.93. The third-order valence-electron chi connectivity index (χ3n) is 2.09. The average Bonchev–Trinajstić information content (AvgIpc) is 2.45. The fourth-order valence-electron chi connectivity index (χ4n) is 1.46. The van der Waals surface area contributed by atoms with E-state index in [9.17, 15) is 4.39 Å². The van der Waals surface area contributed by atoms with Gasteiger partial charge < -0.3 is 5.11 Å². The van der Waals surface area contributed by atoms with Crippen molar-refractivity contribution >= 4 is 0 Å². The van der Waals surface area contributed by atoms with Crippen molar-refractivity contribution in [3.63, 3.8) is 0 Å². The molecule has 1 N–H and O–H groups in total. The molecular weight excluding hydrogens is 131 g/mol. The summed E-state index contributed by atoms with van der Waals surface area (Å²) >= 11 is 0. The first-order valence-electron chi connectivity index (χ1n) is 3.77. The number of rotatable bonds is 3. The number of aliphatic hydroxyl groups is 1. The largest absolute Gasteiger partial charge is 0.396 e. The van der Waals surface area contributed by atoms with Crippen LogP contribution in [0.1, 0.15) is 33.1 Å². The van der Waals surface area contributed by atoms with Gasteiger partial charge in [-0.15, -0.1) is 0 Å². The van der Waals surface area contributed by atoms with Crippen LogP contribution in [0.15, 0.2) is 0 Å². The highest BCUT2D eigenvalue weighted by atomic mass is 19.1. The smallest absolute Gasteiger partial charge is 0.106 e. The van der Waals surface area contributed by atoms with Crippen LogP contribution in [-0.2, 0) is 0 Å². The molecule has 0 aromatic carbocycles. The van der Waals surface area contributed by atoms with E-state index in [1.807, 2.05) is 0 Å². The van der Waals surface area contributed by atoms with Gasteiger partial charge in [0, 0.05) is 6.61 Å². The molecule has 1 nitrogen and oxygen atoms in total. The highest BCUT2D eigenvalue weighted by molar-refractivity contribution is 4.96. The predicted octanol–water partition coefficient (Wildman–Crippen LogP) is 1.90. The Morgan fingerprint density at radius 3 is 2.10 bits per heavy atom. The van der Waals surface area contributed by atoms with E-state index in [1.54, 1.807) is 13.8 Å². The van der Waals surface area contributed by atoms with Crippen LogP contribution < -0.4 is 0 Å². The minimum absolute atomic E-state index is 0.0434.